The fourth-order valence-corrected chi connectivity index (χ4v) is 4.81. The summed E-state index contributed by atoms with van der Waals surface area (Å²) in [7, 11) is -11.3. The molecule has 0 saturated heterocycles. The molecule has 11 heteroatoms. The van der Waals surface area contributed by atoms with Crippen LogP contribution in [0.5, 0.6) is 0 Å². The van der Waals surface area contributed by atoms with E-state index in [1.54, 1.807) is 0 Å². The number of benzene rings is 1. The van der Waals surface area contributed by atoms with Gasteiger partial charge in [-0.25, -0.2) is 0 Å². The van der Waals surface area contributed by atoms with Crippen LogP contribution in [0.4, 0.5) is 5.69 Å². The topological polar surface area (TPSA) is 164 Å². The van der Waals surface area contributed by atoms with Gasteiger partial charge in [0.05, 0.1) is 0 Å². The van der Waals surface area contributed by atoms with E-state index >= 15 is 0 Å². The van der Waals surface area contributed by atoms with Crippen LogP contribution in [0.1, 0.15) is 24.8 Å². The zero-order valence-electron chi connectivity index (χ0n) is 11.6. The van der Waals surface area contributed by atoms with Gasteiger partial charge in [0.2, 0.25) is 5.08 Å². The zero-order chi connectivity index (χ0) is 15.8. The minimum atomic E-state index is -5.75. The summed E-state index contributed by atoms with van der Waals surface area (Å²) in [6.45, 7) is 1.43. The van der Waals surface area contributed by atoms with Gasteiger partial charge in [0.15, 0.2) is 7.60 Å². The fraction of sp³-hybridized carbons (Fsp3) is 0.400. The van der Waals surface area contributed by atoms with Crippen LogP contribution in [0.15, 0.2) is 24.3 Å². The first-order chi connectivity index (χ1) is 8.95. The number of anilines is 1. The van der Waals surface area contributed by atoms with Crippen LogP contribution in [0, 0.1) is 0 Å². The molecular formula is C10H16NNaO7P2. The summed E-state index contributed by atoms with van der Waals surface area (Å²) in [6, 6.07) is 5.45. The Morgan fingerprint density at radius 1 is 1.24 bits per heavy atom. The van der Waals surface area contributed by atoms with Gasteiger partial charge in [-0.15, -0.1) is 0 Å². The molecule has 0 aliphatic heterocycles. The maximum Gasteiger partial charge on any atom is 1.00 e. The minimum absolute atomic E-state index is 0. The molecule has 0 amide bonds. The largest absolute Gasteiger partial charge is 1.00 e. The van der Waals surface area contributed by atoms with Crippen LogP contribution in [0.2, 0.25) is 0 Å². The van der Waals surface area contributed by atoms with E-state index in [0.29, 0.717) is 5.69 Å². The molecule has 1 aromatic rings. The van der Waals surface area contributed by atoms with E-state index in [1.165, 1.54) is 31.2 Å². The summed E-state index contributed by atoms with van der Waals surface area (Å²) >= 11 is 0. The summed E-state index contributed by atoms with van der Waals surface area (Å²) in [4.78, 5) is 38.9. The molecule has 0 spiro atoms. The monoisotopic (exact) mass is 347 g/mol. The molecule has 0 bridgehead atoms. The number of hydrogen-bond acceptors (Lipinski definition) is 5. The van der Waals surface area contributed by atoms with Gasteiger partial charge in [0, 0.05) is 11.6 Å². The van der Waals surface area contributed by atoms with Crippen molar-refractivity contribution >= 4 is 20.9 Å². The molecule has 1 aromatic carbocycles. The average Bonchev–Trinajstić information content (AvgIpc) is 2.29. The van der Waals surface area contributed by atoms with Crippen LogP contribution >= 0.6 is 15.2 Å². The Labute approximate surface area is 144 Å². The standard InChI is InChI=1S/C10H17NO7P2.Na/c1-2-9(7-3-5-8(11)6-4-7)10(12,19(13,14)15)20(16,17)18;/h3-6,9,12H,2,11H2,1H3,(H2,13,14,15)(H2,16,17,18);/q;+1/p-1. The van der Waals surface area contributed by atoms with Crippen molar-refractivity contribution in [3.63, 3.8) is 0 Å². The minimum Gasteiger partial charge on any atom is -0.776 e. The molecule has 0 aliphatic carbocycles. The number of hydrogen-bond donors (Lipinski definition) is 5. The third-order valence-electron chi connectivity index (χ3n) is 3.06. The second-order valence-electron chi connectivity index (χ2n) is 4.38. The average molecular weight is 347 g/mol. The molecule has 3 unspecified atom stereocenters. The van der Waals surface area contributed by atoms with E-state index in [0.717, 1.165) is 0 Å². The van der Waals surface area contributed by atoms with Gasteiger partial charge in [0.25, 0.3) is 0 Å². The maximum atomic E-state index is 11.4. The van der Waals surface area contributed by atoms with Gasteiger partial charge in [-0.2, -0.15) is 0 Å². The summed E-state index contributed by atoms with van der Waals surface area (Å²) in [6.07, 6.45) is -0.127. The molecule has 0 aliphatic rings. The van der Waals surface area contributed by atoms with Gasteiger partial charge in [-0.3, -0.25) is 4.57 Å². The summed E-state index contributed by atoms with van der Waals surface area (Å²) in [5, 5.41) is 6.47. The summed E-state index contributed by atoms with van der Waals surface area (Å²) in [5.74, 6) is -1.50. The van der Waals surface area contributed by atoms with Crippen LogP contribution in [0.25, 0.3) is 0 Å². The number of nitrogen functional groups attached to an aromatic ring is 1. The smallest absolute Gasteiger partial charge is 0.776 e. The SMILES string of the molecule is CCC(c1ccc(N)cc1)C(O)(P(=O)([O-])O)P(=O)(O)O.[Na+]. The molecular weight excluding hydrogens is 331 g/mol. The molecule has 0 saturated carbocycles. The van der Waals surface area contributed by atoms with Crippen LogP contribution in [-0.4, -0.2) is 24.9 Å². The molecule has 0 aromatic heterocycles. The van der Waals surface area contributed by atoms with E-state index in [1.807, 2.05) is 0 Å². The van der Waals surface area contributed by atoms with Crippen molar-refractivity contribution in [2.75, 3.05) is 5.73 Å². The van der Waals surface area contributed by atoms with E-state index in [-0.39, 0.29) is 41.5 Å². The molecule has 114 valence electrons. The zero-order valence-corrected chi connectivity index (χ0v) is 15.4. The molecule has 6 N–H and O–H groups in total. The first-order valence-electron chi connectivity index (χ1n) is 5.62. The Morgan fingerprint density at radius 2 is 1.67 bits per heavy atom. The third-order valence-corrected chi connectivity index (χ3v) is 6.91. The van der Waals surface area contributed by atoms with Crippen LogP contribution in [0.3, 0.4) is 0 Å². The number of aliphatic hydroxyl groups is 1. The van der Waals surface area contributed by atoms with E-state index in [2.05, 4.69) is 0 Å². The first-order valence-corrected chi connectivity index (χ1v) is 8.81. The van der Waals surface area contributed by atoms with E-state index in [4.69, 9.17) is 10.6 Å². The van der Waals surface area contributed by atoms with Gasteiger partial charge in [-0.05, 0) is 24.1 Å². The Hall–Kier alpha value is 0.280. The summed E-state index contributed by atoms with van der Waals surface area (Å²) < 4.78 is 22.8. The molecule has 1 rings (SSSR count). The number of nitrogens with two attached hydrogens (primary N) is 1. The van der Waals surface area contributed by atoms with Crippen molar-refractivity contribution in [3.05, 3.63) is 29.8 Å². The van der Waals surface area contributed by atoms with Gasteiger partial charge in [-0.1, -0.05) is 19.1 Å². The summed E-state index contributed by atoms with van der Waals surface area (Å²) in [5.41, 5.74) is 5.96. The third kappa shape index (κ3) is 4.18. The van der Waals surface area contributed by atoms with Crippen LogP contribution in [-0.2, 0) is 9.13 Å². The van der Waals surface area contributed by atoms with E-state index in [9.17, 15) is 28.9 Å². The Kier molecular flexibility index (Phi) is 7.33. The van der Waals surface area contributed by atoms with Crippen molar-refractivity contribution in [1.82, 2.24) is 0 Å². The Balaban J connectivity index is 0.00000400. The Bertz CT molecular complexity index is 545. The maximum absolute atomic E-state index is 11.4. The molecule has 0 fully saturated rings. The first kappa shape index (κ1) is 21.3. The second-order valence-corrected chi connectivity index (χ2v) is 8.22. The second kappa shape index (κ2) is 7.23. The molecule has 0 heterocycles. The molecule has 21 heavy (non-hydrogen) atoms. The van der Waals surface area contributed by atoms with Crippen molar-refractivity contribution < 1.29 is 63.4 Å². The normalized spacial score (nSPS) is 19.0. The fourth-order valence-electron chi connectivity index (χ4n) is 2.03. The van der Waals surface area contributed by atoms with E-state index < -0.39 is 26.2 Å². The quantitative estimate of drug-likeness (QED) is 0.216. The predicted molar refractivity (Wildman–Crippen MR) is 70.7 cm³/mol. The van der Waals surface area contributed by atoms with Gasteiger partial charge in [0.1, 0.15) is 0 Å². The number of rotatable bonds is 5. The predicted octanol–water partition coefficient (Wildman–Crippen LogP) is -2.86. The van der Waals surface area contributed by atoms with Gasteiger partial charge >= 0.3 is 37.2 Å². The Morgan fingerprint density at radius 3 is 1.95 bits per heavy atom. The van der Waals surface area contributed by atoms with Crippen LogP contribution < -0.4 is 40.2 Å². The molecule has 0 radical (unpaired) electrons. The molecule has 8 nitrogen and oxygen atoms in total. The van der Waals surface area contributed by atoms with Crippen molar-refractivity contribution in [3.8, 4) is 0 Å². The van der Waals surface area contributed by atoms with Gasteiger partial charge < -0.3 is 35.0 Å². The van der Waals surface area contributed by atoms with Crippen molar-refractivity contribution in [1.29, 1.82) is 0 Å². The molecule has 3 atom stereocenters. The van der Waals surface area contributed by atoms with Crippen molar-refractivity contribution in [2.45, 2.75) is 24.3 Å². The van der Waals surface area contributed by atoms with Crippen molar-refractivity contribution in [2.24, 2.45) is 0 Å².